The first-order valence-electron chi connectivity index (χ1n) is 8.63. The van der Waals surface area contributed by atoms with Crippen molar-refractivity contribution in [2.24, 2.45) is 0 Å². The van der Waals surface area contributed by atoms with E-state index >= 15 is 0 Å². The molecule has 1 heterocycles. The molecule has 7 heteroatoms. The lowest BCUT2D eigenvalue weighted by Crippen LogP contribution is -2.26. The molecule has 0 aliphatic heterocycles. The van der Waals surface area contributed by atoms with Gasteiger partial charge in [-0.05, 0) is 42.7 Å². The average molecular weight is 434 g/mol. The van der Waals surface area contributed by atoms with Crippen LogP contribution in [0.15, 0.2) is 58.3 Å². The molecule has 0 aliphatic rings. The number of aromatic nitrogens is 1. The Kier molecular flexibility index (Phi) is 6.78. The maximum Gasteiger partial charge on any atom is 0.319 e. The molecule has 0 amide bonds. The quantitative estimate of drug-likeness (QED) is 0.432. The first-order valence-corrected chi connectivity index (χ1v) is 10.7. The molecule has 0 spiro atoms. The molecule has 0 unspecified atom stereocenters. The van der Waals surface area contributed by atoms with Gasteiger partial charge in [-0.15, -0.1) is 11.3 Å². The molecule has 0 bridgehead atoms. The third-order valence-corrected chi connectivity index (χ3v) is 6.46. The molecule has 1 N–H and O–H groups in total. The number of nitrogens with zero attached hydrogens (tertiary/aromatic N) is 1. The maximum atomic E-state index is 11.2. The van der Waals surface area contributed by atoms with Gasteiger partial charge in [0, 0.05) is 10.4 Å². The fourth-order valence-corrected chi connectivity index (χ4v) is 4.67. The van der Waals surface area contributed by atoms with Gasteiger partial charge >= 0.3 is 5.97 Å². The number of ether oxygens (including phenoxy) is 1. The molecule has 0 radical (unpaired) electrons. The number of halogens is 1. The standard InChI is InChI=1S/C21H20ClNO3S2/c1-21(2,19(24)25)28-20-23-18(13-27-20)12-26-11-14-3-5-15(6-4-14)16-7-9-17(22)10-8-16/h3-10,13H,11-12H2,1-2H3,(H,24,25). The van der Waals surface area contributed by atoms with Gasteiger partial charge in [-0.25, -0.2) is 4.98 Å². The lowest BCUT2D eigenvalue weighted by atomic mass is 10.0. The molecule has 0 saturated carbocycles. The number of thioether (sulfide) groups is 1. The van der Waals surface area contributed by atoms with E-state index in [1.54, 1.807) is 13.8 Å². The minimum absolute atomic E-state index is 0.392. The molecule has 2 aromatic carbocycles. The van der Waals surface area contributed by atoms with Gasteiger partial charge in [0.2, 0.25) is 0 Å². The predicted molar refractivity (Wildman–Crippen MR) is 115 cm³/mol. The van der Waals surface area contributed by atoms with E-state index in [1.165, 1.54) is 23.1 Å². The van der Waals surface area contributed by atoms with Crippen LogP contribution in [0.3, 0.4) is 0 Å². The van der Waals surface area contributed by atoms with E-state index in [1.807, 2.05) is 41.8 Å². The van der Waals surface area contributed by atoms with Crippen molar-refractivity contribution in [2.45, 2.75) is 36.1 Å². The van der Waals surface area contributed by atoms with Crippen LogP contribution in [-0.4, -0.2) is 20.8 Å². The first kappa shape index (κ1) is 20.9. The number of carboxylic acids is 1. The summed E-state index contributed by atoms with van der Waals surface area (Å²) >= 11 is 8.62. The lowest BCUT2D eigenvalue weighted by Gasteiger charge is -2.15. The van der Waals surface area contributed by atoms with Crippen molar-refractivity contribution in [1.29, 1.82) is 0 Å². The molecular weight excluding hydrogens is 414 g/mol. The van der Waals surface area contributed by atoms with Crippen LogP contribution in [0.4, 0.5) is 0 Å². The number of hydrogen-bond donors (Lipinski definition) is 1. The van der Waals surface area contributed by atoms with Crippen LogP contribution in [-0.2, 0) is 22.7 Å². The summed E-state index contributed by atoms with van der Waals surface area (Å²) < 4.78 is 5.59. The molecule has 0 saturated heterocycles. The normalized spacial score (nSPS) is 11.5. The number of carbonyl (C=O) groups is 1. The Balaban J connectivity index is 1.51. The van der Waals surface area contributed by atoms with Crippen LogP contribution in [0, 0.1) is 0 Å². The van der Waals surface area contributed by atoms with E-state index in [9.17, 15) is 9.90 Å². The van der Waals surface area contributed by atoms with Crippen LogP contribution in [0.25, 0.3) is 11.1 Å². The van der Waals surface area contributed by atoms with Crippen molar-refractivity contribution in [3.05, 3.63) is 70.2 Å². The van der Waals surface area contributed by atoms with Gasteiger partial charge in [0.25, 0.3) is 0 Å². The predicted octanol–water partition coefficient (Wildman–Crippen LogP) is 6.14. The van der Waals surface area contributed by atoms with Gasteiger partial charge in [-0.1, -0.05) is 59.8 Å². The van der Waals surface area contributed by atoms with E-state index in [4.69, 9.17) is 16.3 Å². The minimum atomic E-state index is -0.901. The molecular formula is C21H20ClNO3S2. The fraction of sp³-hybridized carbons (Fsp3) is 0.238. The molecule has 3 aromatic rings. The van der Waals surface area contributed by atoms with Crippen LogP contribution in [0.5, 0.6) is 0 Å². The SMILES string of the molecule is CC(C)(Sc1nc(COCc2ccc(-c3ccc(Cl)cc3)cc2)cs1)C(=O)O. The van der Waals surface area contributed by atoms with E-state index in [2.05, 4.69) is 17.1 Å². The summed E-state index contributed by atoms with van der Waals surface area (Å²) in [6.07, 6.45) is 0. The number of rotatable bonds is 8. The minimum Gasteiger partial charge on any atom is -0.480 e. The molecule has 0 fully saturated rings. The van der Waals surface area contributed by atoms with Crippen molar-refractivity contribution < 1.29 is 14.6 Å². The van der Waals surface area contributed by atoms with Crippen molar-refractivity contribution in [1.82, 2.24) is 4.98 Å². The zero-order valence-corrected chi connectivity index (χ0v) is 17.9. The van der Waals surface area contributed by atoms with E-state index < -0.39 is 10.7 Å². The fourth-order valence-electron chi connectivity index (χ4n) is 2.37. The monoisotopic (exact) mass is 433 g/mol. The zero-order chi connectivity index (χ0) is 20.1. The Morgan fingerprint density at radius 1 is 1.11 bits per heavy atom. The summed E-state index contributed by atoms with van der Waals surface area (Å²) in [5.41, 5.74) is 4.14. The smallest absolute Gasteiger partial charge is 0.319 e. The van der Waals surface area contributed by atoms with Crippen molar-refractivity contribution in [2.75, 3.05) is 0 Å². The molecule has 1 aromatic heterocycles. The Labute approximate surface area is 177 Å². The second-order valence-corrected chi connectivity index (χ2v) is 9.88. The summed E-state index contributed by atoms with van der Waals surface area (Å²) in [6, 6.07) is 16.0. The zero-order valence-electron chi connectivity index (χ0n) is 15.5. The Morgan fingerprint density at radius 2 is 1.71 bits per heavy atom. The Bertz CT molecular complexity index is 937. The maximum absolute atomic E-state index is 11.2. The highest BCUT2D eigenvalue weighted by Gasteiger charge is 2.29. The Morgan fingerprint density at radius 3 is 2.32 bits per heavy atom. The summed E-state index contributed by atoms with van der Waals surface area (Å²) in [5, 5.41) is 11.8. The van der Waals surface area contributed by atoms with Gasteiger partial charge in [0.15, 0.2) is 4.34 Å². The lowest BCUT2D eigenvalue weighted by molar-refractivity contribution is -0.138. The van der Waals surface area contributed by atoms with E-state index in [0.717, 1.165) is 31.7 Å². The third kappa shape index (κ3) is 5.58. The van der Waals surface area contributed by atoms with E-state index in [-0.39, 0.29) is 0 Å². The number of benzene rings is 2. The molecule has 0 atom stereocenters. The highest BCUT2D eigenvalue weighted by atomic mass is 35.5. The van der Waals surface area contributed by atoms with Gasteiger partial charge in [-0.3, -0.25) is 4.79 Å². The first-order chi connectivity index (χ1) is 13.3. The van der Waals surface area contributed by atoms with Gasteiger partial charge in [-0.2, -0.15) is 0 Å². The summed E-state index contributed by atoms with van der Waals surface area (Å²) in [5.74, 6) is -0.854. The van der Waals surface area contributed by atoms with Crippen LogP contribution < -0.4 is 0 Å². The second-order valence-electron chi connectivity index (χ2n) is 6.72. The molecule has 0 aliphatic carbocycles. The molecule has 146 valence electrons. The summed E-state index contributed by atoms with van der Waals surface area (Å²) in [6.45, 7) is 4.22. The van der Waals surface area contributed by atoms with Gasteiger partial charge in [0.05, 0.1) is 18.9 Å². The molecule has 3 rings (SSSR count). The summed E-state index contributed by atoms with van der Waals surface area (Å²) in [7, 11) is 0. The third-order valence-electron chi connectivity index (χ3n) is 4.04. The van der Waals surface area contributed by atoms with Gasteiger partial charge in [0.1, 0.15) is 4.75 Å². The van der Waals surface area contributed by atoms with Gasteiger partial charge < -0.3 is 9.84 Å². The van der Waals surface area contributed by atoms with Crippen molar-refractivity contribution >= 4 is 40.7 Å². The van der Waals surface area contributed by atoms with Crippen LogP contribution in [0.2, 0.25) is 5.02 Å². The number of hydrogen-bond acceptors (Lipinski definition) is 5. The highest BCUT2D eigenvalue weighted by Crippen LogP contribution is 2.34. The van der Waals surface area contributed by atoms with Crippen molar-refractivity contribution in [3.63, 3.8) is 0 Å². The molecule has 28 heavy (non-hydrogen) atoms. The topological polar surface area (TPSA) is 59.4 Å². The van der Waals surface area contributed by atoms with Crippen molar-refractivity contribution in [3.8, 4) is 11.1 Å². The van der Waals surface area contributed by atoms with Crippen LogP contribution in [0.1, 0.15) is 25.1 Å². The second kappa shape index (κ2) is 9.09. The number of thiazole rings is 1. The summed E-state index contributed by atoms with van der Waals surface area (Å²) in [4.78, 5) is 15.7. The largest absolute Gasteiger partial charge is 0.480 e. The Hall–Kier alpha value is -1.86. The van der Waals surface area contributed by atoms with Crippen LogP contribution >= 0.6 is 34.7 Å². The number of aliphatic carboxylic acids is 1. The number of carboxylic acid groups (broad SMARTS) is 1. The molecule has 4 nitrogen and oxygen atoms in total. The van der Waals surface area contributed by atoms with E-state index in [0.29, 0.717) is 13.2 Å². The average Bonchev–Trinajstić information content (AvgIpc) is 3.09. The highest BCUT2D eigenvalue weighted by molar-refractivity contribution is 8.02.